The van der Waals surface area contributed by atoms with E-state index in [2.05, 4.69) is 11.9 Å². The lowest BCUT2D eigenvalue weighted by atomic mass is 10.1. The number of unbranched alkanes of at least 4 members (excludes halogenated alkanes) is 1. The van der Waals surface area contributed by atoms with Crippen molar-refractivity contribution >= 4 is 5.78 Å². The Morgan fingerprint density at radius 2 is 2.31 bits per heavy atom. The molecule has 0 atom stereocenters. The lowest BCUT2D eigenvalue weighted by Gasteiger charge is -2.01. The molecule has 0 aromatic carbocycles. The standard InChI is InChI=1S/C11H15NO/c1-3-4-7-10(13)11-9(2)6-5-8-12-11/h5-6,8H,3-4,7H2,1-2H3. The zero-order valence-corrected chi connectivity index (χ0v) is 8.21. The van der Waals surface area contributed by atoms with Crippen LogP contribution in [0.3, 0.4) is 0 Å². The highest BCUT2D eigenvalue weighted by Gasteiger charge is 2.08. The molecule has 0 N–H and O–H groups in total. The number of Topliss-reactive ketones (excluding diaryl/α,β-unsaturated/α-hetero) is 1. The molecule has 13 heavy (non-hydrogen) atoms. The second kappa shape index (κ2) is 4.75. The first-order chi connectivity index (χ1) is 6.25. The lowest BCUT2D eigenvalue weighted by Crippen LogP contribution is -2.03. The van der Waals surface area contributed by atoms with Crippen LogP contribution >= 0.6 is 0 Å². The molecular formula is C11H15NO. The molecule has 0 spiro atoms. The third-order valence-corrected chi connectivity index (χ3v) is 2.03. The molecule has 1 aromatic rings. The van der Waals surface area contributed by atoms with Crippen LogP contribution in [0.1, 0.15) is 42.2 Å². The molecule has 0 aliphatic rings. The minimum Gasteiger partial charge on any atom is -0.292 e. The van der Waals surface area contributed by atoms with E-state index in [9.17, 15) is 4.79 Å². The zero-order valence-electron chi connectivity index (χ0n) is 8.21. The van der Waals surface area contributed by atoms with E-state index in [-0.39, 0.29) is 5.78 Å². The van der Waals surface area contributed by atoms with E-state index in [1.165, 1.54) is 0 Å². The molecule has 0 fully saturated rings. The molecule has 0 aliphatic heterocycles. The van der Waals surface area contributed by atoms with Gasteiger partial charge in [-0.1, -0.05) is 19.4 Å². The summed E-state index contributed by atoms with van der Waals surface area (Å²) in [6.07, 6.45) is 4.30. The first-order valence-corrected chi connectivity index (χ1v) is 4.70. The molecule has 0 amide bonds. The molecular weight excluding hydrogens is 162 g/mol. The minimum absolute atomic E-state index is 0.167. The Bertz CT molecular complexity index is 294. The van der Waals surface area contributed by atoms with Gasteiger partial charge in [0.1, 0.15) is 5.69 Å². The molecule has 1 rings (SSSR count). The van der Waals surface area contributed by atoms with Crippen molar-refractivity contribution < 1.29 is 4.79 Å². The second-order valence-electron chi connectivity index (χ2n) is 3.20. The fourth-order valence-corrected chi connectivity index (χ4v) is 1.23. The van der Waals surface area contributed by atoms with Gasteiger partial charge in [-0.3, -0.25) is 9.78 Å². The van der Waals surface area contributed by atoms with Gasteiger partial charge in [0.25, 0.3) is 0 Å². The molecule has 0 saturated heterocycles. The molecule has 0 radical (unpaired) electrons. The quantitative estimate of drug-likeness (QED) is 0.662. The zero-order chi connectivity index (χ0) is 9.68. The van der Waals surface area contributed by atoms with Gasteiger partial charge in [0.15, 0.2) is 5.78 Å². The van der Waals surface area contributed by atoms with Gasteiger partial charge in [0.2, 0.25) is 0 Å². The van der Waals surface area contributed by atoms with Crippen molar-refractivity contribution in [2.75, 3.05) is 0 Å². The predicted molar refractivity (Wildman–Crippen MR) is 52.8 cm³/mol. The predicted octanol–water partition coefficient (Wildman–Crippen LogP) is 2.76. The number of carbonyl (C=O) groups excluding carboxylic acids is 1. The normalized spacial score (nSPS) is 10.0. The fraction of sp³-hybridized carbons (Fsp3) is 0.455. The Balaban J connectivity index is 2.71. The van der Waals surface area contributed by atoms with Crippen molar-refractivity contribution in [1.29, 1.82) is 0 Å². The Morgan fingerprint density at radius 3 is 2.92 bits per heavy atom. The number of hydrogen-bond donors (Lipinski definition) is 0. The van der Waals surface area contributed by atoms with Crippen LogP contribution in [0.15, 0.2) is 18.3 Å². The number of carbonyl (C=O) groups is 1. The third-order valence-electron chi connectivity index (χ3n) is 2.03. The summed E-state index contributed by atoms with van der Waals surface area (Å²) in [5.74, 6) is 0.167. The van der Waals surface area contributed by atoms with Crippen molar-refractivity contribution in [1.82, 2.24) is 4.98 Å². The summed E-state index contributed by atoms with van der Waals surface area (Å²) in [5, 5.41) is 0. The van der Waals surface area contributed by atoms with E-state index in [1.54, 1.807) is 6.20 Å². The van der Waals surface area contributed by atoms with Crippen LogP contribution in [0.5, 0.6) is 0 Å². The average Bonchev–Trinajstić information content (AvgIpc) is 2.15. The summed E-state index contributed by atoms with van der Waals surface area (Å²) in [6.45, 7) is 4.00. The summed E-state index contributed by atoms with van der Waals surface area (Å²) in [5.41, 5.74) is 1.61. The Morgan fingerprint density at radius 1 is 1.54 bits per heavy atom. The number of hydrogen-bond acceptors (Lipinski definition) is 2. The maximum Gasteiger partial charge on any atom is 0.181 e. The SMILES string of the molecule is CCCCC(=O)c1ncccc1C. The first-order valence-electron chi connectivity index (χ1n) is 4.70. The fourth-order valence-electron chi connectivity index (χ4n) is 1.23. The molecule has 2 nitrogen and oxygen atoms in total. The van der Waals surface area contributed by atoms with Crippen LogP contribution in [0.2, 0.25) is 0 Å². The molecule has 0 aliphatic carbocycles. The van der Waals surface area contributed by atoms with E-state index in [1.807, 2.05) is 19.1 Å². The van der Waals surface area contributed by atoms with Gasteiger partial charge in [-0.2, -0.15) is 0 Å². The van der Waals surface area contributed by atoms with Crippen molar-refractivity contribution in [2.24, 2.45) is 0 Å². The van der Waals surface area contributed by atoms with Crippen LogP contribution in [0, 0.1) is 6.92 Å². The summed E-state index contributed by atoms with van der Waals surface area (Å²) in [7, 11) is 0. The number of ketones is 1. The molecule has 70 valence electrons. The Labute approximate surface area is 79.0 Å². The monoisotopic (exact) mass is 177 g/mol. The van der Waals surface area contributed by atoms with Gasteiger partial charge in [-0.05, 0) is 25.0 Å². The van der Waals surface area contributed by atoms with E-state index >= 15 is 0 Å². The first kappa shape index (κ1) is 9.90. The van der Waals surface area contributed by atoms with Gasteiger partial charge in [0, 0.05) is 12.6 Å². The Hall–Kier alpha value is -1.18. The highest BCUT2D eigenvalue weighted by molar-refractivity contribution is 5.95. The van der Waals surface area contributed by atoms with E-state index in [0.717, 1.165) is 18.4 Å². The molecule has 0 bridgehead atoms. The van der Waals surface area contributed by atoms with Crippen LogP contribution < -0.4 is 0 Å². The van der Waals surface area contributed by atoms with Crippen LogP contribution in [-0.2, 0) is 0 Å². The molecule has 2 heteroatoms. The third kappa shape index (κ3) is 2.65. The van der Waals surface area contributed by atoms with Crippen LogP contribution in [0.25, 0.3) is 0 Å². The van der Waals surface area contributed by atoms with E-state index < -0.39 is 0 Å². The van der Waals surface area contributed by atoms with Crippen molar-refractivity contribution in [3.05, 3.63) is 29.6 Å². The van der Waals surface area contributed by atoms with Gasteiger partial charge in [0.05, 0.1) is 0 Å². The molecule has 1 heterocycles. The number of rotatable bonds is 4. The number of nitrogens with zero attached hydrogens (tertiary/aromatic N) is 1. The number of pyridine rings is 1. The smallest absolute Gasteiger partial charge is 0.181 e. The van der Waals surface area contributed by atoms with Gasteiger partial charge in [-0.15, -0.1) is 0 Å². The maximum atomic E-state index is 11.6. The number of aryl methyl sites for hydroxylation is 1. The molecule has 0 saturated carbocycles. The van der Waals surface area contributed by atoms with Crippen LogP contribution in [-0.4, -0.2) is 10.8 Å². The van der Waals surface area contributed by atoms with Crippen molar-refractivity contribution in [3.8, 4) is 0 Å². The summed E-state index contributed by atoms with van der Waals surface area (Å²) in [6, 6.07) is 3.78. The highest BCUT2D eigenvalue weighted by Crippen LogP contribution is 2.08. The van der Waals surface area contributed by atoms with Crippen LogP contribution in [0.4, 0.5) is 0 Å². The van der Waals surface area contributed by atoms with Gasteiger partial charge < -0.3 is 0 Å². The van der Waals surface area contributed by atoms with E-state index in [0.29, 0.717) is 12.1 Å². The van der Waals surface area contributed by atoms with Gasteiger partial charge in [-0.25, -0.2) is 0 Å². The molecule has 1 aromatic heterocycles. The van der Waals surface area contributed by atoms with Crippen molar-refractivity contribution in [3.63, 3.8) is 0 Å². The van der Waals surface area contributed by atoms with Gasteiger partial charge >= 0.3 is 0 Å². The summed E-state index contributed by atoms with van der Waals surface area (Å²) >= 11 is 0. The topological polar surface area (TPSA) is 30.0 Å². The van der Waals surface area contributed by atoms with E-state index in [4.69, 9.17) is 0 Å². The average molecular weight is 177 g/mol. The Kier molecular flexibility index (Phi) is 3.62. The summed E-state index contributed by atoms with van der Waals surface area (Å²) < 4.78 is 0. The minimum atomic E-state index is 0.167. The maximum absolute atomic E-state index is 11.6. The lowest BCUT2D eigenvalue weighted by molar-refractivity contribution is 0.0974. The highest BCUT2D eigenvalue weighted by atomic mass is 16.1. The summed E-state index contributed by atoms with van der Waals surface area (Å²) in [4.78, 5) is 15.6. The number of aromatic nitrogens is 1. The largest absolute Gasteiger partial charge is 0.292 e. The second-order valence-corrected chi connectivity index (χ2v) is 3.20. The van der Waals surface area contributed by atoms with Crippen molar-refractivity contribution in [2.45, 2.75) is 33.1 Å². The molecule has 0 unspecified atom stereocenters.